The van der Waals surface area contributed by atoms with Crippen LogP contribution in [-0.4, -0.2) is 11.7 Å². The van der Waals surface area contributed by atoms with Gasteiger partial charge in [-0.05, 0) is 6.92 Å². The van der Waals surface area contributed by atoms with Crippen molar-refractivity contribution in [3.05, 3.63) is 0 Å². The van der Waals surface area contributed by atoms with Crippen LogP contribution >= 0.6 is 0 Å². The lowest BCUT2D eigenvalue weighted by molar-refractivity contribution is 1.20. The Hall–Kier alpha value is -1.57. The summed E-state index contributed by atoms with van der Waals surface area (Å²) in [4.78, 5) is 0. The summed E-state index contributed by atoms with van der Waals surface area (Å²) in [6.07, 6.45) is 0. The molecule has 0 radical (unpaired) electrons. The van der Waals surface area contributed by atoms with E-state index in [2.05, 4.69) is 10.2 Å². The van der Waals surface area contributed by atoms with Crippen molar-refractivity contribution in [1.29, 1.82) is 5.26 Å². The lowest BCUT2D eigenvalue weighted by Gasteiger charge is -1.82. The molecule has 0 rings (SSSR count). The van der Waals surface area contributed by atoms with Crippen LogP contribution in [-0.2, 0) is 0 Å². The van der Waals surface area contributed by atoms with E-state index in [1.165, 1.54) is 6.92 Å². The van der Waals surface area contributed by atoms with E-state index in [9.17, 15) is 0 Å². The molecule has 9 heavy (non-hydrogen) atoms. The van der Waals surface area contributed by atoms with E-state index < -0.39 is 0 Å². The summed E-state index contributed by atoms with van der Waals surface area (Å²) in [5, 5.41) is 14.7. The molecule has 0 bridgehead atoms. The highest BCUT2D eigenvalue weighted by molar-refractivity contribution is 5.96. The molecule has 0 aromatic heterocycles. The molecular formula is C4H7N5. The standard InChI is InChI=1S/C4H7N5/c1-3(2-5)8-9-4(6)7/h1H3,(H4,6,7,9)/b8-3-. The first-order chi connectivity index (χ1) is 4.16. The van der Waals surface area contributed by atoms with Gasteiger partial charge in [0.1, 0.15) is 11.8 Å². The van der Waals surface area contributed by atoms with Crippen molar-refractivity contribution in [2.45, 2.75) is 6.92 Å². The van der Waals surface area contributed by atoms with Crippen molar-refractivity contribution in [3.8, 4) is 6.07 Å². The second kappa shape index (κ2) is 3.43. The predicted octanol–water partition coefficient (Wildman–Crippen LogP) is -0.841. The maximum Gasteiger partial charge on any atom is 0.211 e. The average molecular weight is 125 g/mol. The third-order valence-corrected chi connectivity index (χ3v) is 0.477. The van der Waals surface area contributed by atoms with Crippen LogP contribution in [0.15, 0.2) is 10.2 Å². The van der Waals surface area contributed by atoms with E-state index >= 15 is 0 Å². The minimum Gasteiger partial charge on any atom is -0.369 e. The number of rotatable bonds is 1. The van der Waals surface area contributed by atoms with Gasteiger partial charge in [0, 0.05) is 0 Å². The van der Waals surface area contributed by atoms with Gasteiger partial charge in [0.15, 0.2) is 0 Å². The Kier molecular flexibility index (Phi) is 2.84. The number of hydrogen-bond donors (Lipinski definition) is 2. The summed E-state index contributed by atoms with van der Waals surface area (Å²) in [7, 11) is 0. The zero-order valence-electron chi connectivity index (χ0n) is 5.00. The fourth-order valence-corrected chi connectivity index (χ4v) is 0.155. The molecule has 0 amide bonds. The van der Waals surface area contributed by atoms with E-state index in [1.807, 2.05) is 0 Å². The number of nitrogens with zero attached hydrogens (tertiary/aromatic N) is 3. The molecule has 0 spiro atoms. The molecule has 0 heterocycles. The molecule has 5 heteroatoms. The minimum absolute atomic E-state index is 0.149. The zero-order valence-corrected chi connectivity index (χ0v) is 5.00. The largest absolute Gasteiger partial charge is 0.369 e. The molecule has 0 saturated carbocycles. The summed E-state index contributed by atoms with van der Waals surface area (Å²) >= 11 is 0. The number of nitrogens with two attached hydrogens (primary N) is 2. The van der Waals surface area contributed by atoms with Gasteiger partial charge in [-0.1, -0.05) is 0 Å². The quantitative estimate of drug-likeness (QED) is 0.271. The molecule has 4 N–H and O–H groups in total. The highest BCUT2D eigenvalue weighted by atomic mass is 15.3. The normalized spacial score (nSPS) is 10.0. The van der Waals surface area contributed by atoms with Crippen molar-refractivity contribution in [3.63, 3.8) is 0 Å². The van der Waals surface area contributed by atoms with Crippen LogP contribution in [0.2, 0.25) is 0 Å². The first kappa shape index (κ1) is 7.43. The van der Waals surface area contributed by atoms with Crippen molar-refractivity contribution < 1.29 is 0 Å². The Balaban J connectivity index is 4.03. The van der Waals surface area contributed by atoms with Crippen LogP contribution in [0.25, 0.3) is 0 Å². The molecule has 0 aliphatic heterocycles. The van der Waals surface area contributed by atoms with E-state index in [-0.39, 0.29) is 11.7 Å². The van der Waals surface area contributed by atoms with Crippen LogP contribution in [0, 0.1) is 11.3 Å². The monoisotopic (exact) mass is 125 g/mol. The molecule has 0 atom stereocenters. The predicted molar refractivity (Wildman–Crippen MR) is 34.5 cm³/mol. The van der Waals surface area contributed by atoms with Gasteiger partial charge in [-0.3, -0.25) is 0 Å². The third-order valence-electron chi connectivity index (χ3n) is 0.477. The highest BCUT2D eigenvalue weighted by Gasteiger charge is 1.81. The SMILES string of the molecule is C/C(C#N)=N/N=C(N)N. The van der Waals surface area contributed by atoms with E-state index in [1.54, 1.807) is 6.07 Å². The van der Waals surface area contributed by atoms with Crippen molar-refractivity contribution in [1.82, 2.24) is 0 Å². The van der Waals surface area contributed by atoms with Gasteiger partial charge in [-0.15, -0.1) is 10.2 Å². The molecule has 5 nitrogen and oxygen atoms in total. The summed E-state index contributed by atoms with van der Waals surface area (Å²) in [5.41, 5.74) is 10.0. The average Bonchev–Trinajstić information content (AvgIpc) is 1.83. The number of guanidine groups is 1. The van der Waals surface area contributed by atoms with Gasteiger partial charge < -0.3 is 11.5 Å². The molecule has 48 valence electrons. The fourth-order valence-electron chi connectivity index (χ4n) is 0.155. The summed E-state index contributed by atoms with van der Waals surface area (Å²) in [6.45, 7) is 1.51. The Bertz CT molecular complexity index is 180. The smallest absolute Gasteiger partial charge is 0.211 e. The van der Waals surface area contributed by atoms with E-state index in [4.69, 9.17) is 16.7 Å². The molecule has 0 aliphatic rings. The first-order valence-electron chi connectivity index (χ1n) is 2.20. The maximum absolute atomic E-state index is 8.12. The zero-order chi connectivity index (χ0) is 7.28. The molecule has 0 aliphatic carbocycles. The van der Waals surface area contributed by atoms with Gasteiger partial charge in [0.05, 0.1) is 0 Å². The van der Waals surface area contributed by atoms with Crippen LogP contribution in [0.1, 0.15) is 6.92 Å². The Morgan fingerprint density at radius 2 is 2.00 bits per heavy atom. The second-order valence-electron chi connectivity index (χ2n) is 1.32. The maximum atomic E-state index is 8.12. The van der Waals surface area contributed by atoms with Gasteiger partial charge in [0.2, 0.25) is 5.96 Å². The lowest BCUT2D eigenvalue weighted by atomic mass is 10.5. The lowest BCUT2D eigenvalue weighted by Crippen LogP contribution is -2.21. The second-order valence-corrected chi connectivity index (χ2v) is 1.32. The van der Waals surface area contributed by atoms with Crippen LogP contribution in [0.3, 0.4) is 0 Å². The molecule has 0 saturated heterocycles. The Morgan fingerprint density at radius 1 is 1.44 bits per heavy atom. The molecule has 0 fully saturated rings. The number of hydrogen-bond acceptors (Lipinski definition) is 3. The van der Waals surface area contributed by atoms with Gasteiger partial charge in [-0.2, -0.15) is 5.26 Å². The van der Waals surface area contributed by atoms with E-state index in [0.29, 0.717) is 0 Å². The third kappa shape index (κ3) is 4.28. The summed E-state index contributed by atoms with van der Waals surface area (Å²) in [5.74, 6) is -0.149. The van der Waals surface area contributed by atoms with E-state index in [0.717, 1.165) is 0 Å². The summed E-state index contributed by atoms with van der Waals surface area (Å²) < 4.78 is 0. The molecule has 0 aromatic rings. The topological polar surface area (TPSA) is 101 Å². The van der Waals surface area contributed by atoms with Gasteiger partial charge in [-0.25, -0.2) is 0 Å². The molecular weight excluding hydrogens is 118 g/mol. The van der Waals surface area contributed by atoms with Gasteiger partial charge >= 0.3 is 0 Å². The Labute approximate surface area is 52.7 Å². The fraction of sp³-hybridized carbons (Fsp3) is 0.250. The first-order valence-corrected chi connectivity index (χ1v) is 2.20. The number of nitriles is 1. The molecule has 0 aromatic carbocycles. The van der Waals surface area contributed by atoms with Gasteiger partial charge in [0.25, 0.3) is 0 Å². The van der Waals surface area contributed by atoms with Crippen LogP contribution in [0.5, 0.6) is 0 Å². The van der Waals surface area contributed by atoms with Crippen molar-refractivity contribution in [2.24, 2.45) is 21.7 Å². The minimum atomic E-state index is -0.149. The Morgan fingerprint density at radius 3 is 2.33 bits per heavy atom. The van der Waals surface area contributed by atoms with Crippen molar-refractivity contribution >= 4 is 11.7 Å². The van der Waals surface area contributed by atoms with Crippen molar-refractivity contribution in [2.75, 3.05) is 0 Å². The highest BCUT2D eigenvalue weighted by Crippen LogP contribution is 1.74. The van der Waals surface area contributed by atoms with Crippen LogP contribution < -0.4 is 11.5 Å². The summed E-state index contributed by atoms with van der Waals surface area (Å²) in [6, 6.07) is 1.75. The molecule has 0 unspecified atom stereocenters. The van der Waals surface area contributed by atoms with Crippen LogP contribution in [0.4, 0.5) is 0 Å².